The van der Waals surface area contributed by atoms with Crippen molar-refractivity contribution < 1.29 is 91.5 Å². The number of aromatic hydroxyl groups is 1. The average molecular weight is 821 g/mol. The minimum absolute atomic E-state index is 0.0947. The topological polar surface area (TPSA) is 253 Å². The van der Waals surface area contributed by atoms with Gasteiger partial charge in [-0.25, -0.2) is 4.79 Å². The van der Waals surface area contributed by atoms with E-state index in [1.807, 2.05) is 0 Å². The standard InChI is InChI=1S/C39H39F3O16/c1-15-13-24(45)36(52)27-26(32(50)34(57-18(4)44)37(36,53)33(15)56-17(3)43)31(49)25-21(30(27)48)12-11-20(29(25)47)22-14-23(28(46)16(2)55-22)58-35(51)38(54-5,39(40,41)42)19-9-7-6-8-10-19/h6-13,16,22-24,28,32-34,45-47,50,52-53H,14H2,1-5H3/t16-,22-,23-,24+,28-,32+,33-,34+,36-,37+,38+/m1/s1. The third kappa shape index (κ3) is 6.06. The Morgan fingerprint density at radius 2 is 1.53 bits per heavy atom. The number of ketones is 2. The summed E-state index contributed by atoms with van der Waals surface area (Å²) in [5, 5.41) is 70.2. The van der Waals surface area contributed by atoms with E-state index in [0.717, 1.165) is 44.2 Å². The minimum atomic E-state index is -5.36. The molecule has 0 saturated carbocycles. The molecule has 312 valence electrons. The van der Waals surface area contributed by atoms with Gasteiger partial charge in [-0.05, 0) is 25.5 Å². The van der Waals surface area contributed by atoms with Crippen LogP contribution in [0.25, 0.3) is 0 Å². The van der Waals surface area contributed by atoms with Crippen LogP contribution in [0.5, 0.6) is 5.75 Å². The summed E-state index contributed by atoms with van der Waals surface area (Å²) in [5.74, 6) is -7.81. The highest BCUT2D eigenvalue weighted by Crippen LogP contribution is 2.55. The van der Waals surface area contributed by atoms with Crippen molar-refractivity contribution in [2.24, 2.45) is 0 Å². The van der Waals surface area contributed by atoms with Gasteiger partial charge in [0.15, 0.2) is 35.0 Å². The second kappa shape index (κ2) is 14.7. The van der Waals surface area contributed by atoms with Crippen LogP contribution in [0.2, 0.25) is 0 Å². The number of phenols is 1. The van der Waals surface area contributed by atoms with Gasteiger partial charge in [-0.2, -0.15) is 13.2 Å². The zero-order chi connectivity index (χ0) is 43.0. The predicted molar refractivity (Wildman–Crippen MR) is 186 cm³/mol. The monoisotopic (exact) mass is 820 g/mol. The van der Waals surface area contributed by atoms with Gasteiger partial charge in [-0.15, -0.1) is 0 Å². The zero-order valence-corrected chi connectivity index (χ0v) is 31.3. The Bertz CT molecular complexity index is 2130. The summed E-state index contributed by atoms with van der Waals surface area (Å²) in [6.07, 6.45) is -20.3. The Morgan fingerprint density at radius 1 is 0.914 bits per heavy atom. The van der Waals surface area contributed by atoms with E-state index < -0.39 is 141 Å². The first-order valence-corrected chi connectivity index (χ1v) is 17.8. The SMILES string of the molecule is CO[C@](C(=O)O[C@@H]1C[C@H](c2ccc3c(c2O)C(=O)C2=C(C3=O)[C@]3(O)[C@@H](O)C=C(C)[C@@H](OC(C)=O)[C@]3(O)[C@@H](OC(C)=O)[C@H]2O)O[C@H](C)[C@H]1O)(c1ccccc1)C(F)(F)F. The van der Waals surface area contributed by atoms with Crippen molar-refractivity contribution in [2.45, 2.75) is 106 Å². The Balaban J connectivity index is 1.42. The predicted octanol–water partition coefficient (Wildman–Crippen LogP) is 1.32. The molecular formula is C39H39F3O16. The molecule has 1 saturated heterocycles. The molecule has 11 atom stereocenters. The van der Waals surface area contributed by atoms with Crippen LogP contribution in [-0.4, -0.2) is 127 Å². The molecule has 0 radical (unpaired) electrons. The molecule has 2 aromatic rings. The average Bonchev–Trinajstić information content (AvgIpc) is 3.14. The van der Waals surface area contributed by atoms with Crippen LogP contribution in [0.15, 0.2) is 65.3 Å². The van der Waals surface area contributed by atoms with Gasteiger partial charge >= 0.3 is 24.1 Å². The summed E-state index contributed by atoms with van der Waals surface area (Å²) < 4.78 is 70.2. The van der Waals surface area contributed by atoms with Gasteiger partial charge in [0.05, 0.1) is 17.8 Å². The molecule has 1 fully saturated rings. The van der Waals surface area contributed by atoms with Crippen LogP contribution in [0.4, 0.5) is 13.2 Å². The van der Waals surface area contributed by atoms with Crippen molar-refractivity contribution >= 4 is 29.5 Å². The number of aliphatic hydroxyl groups excluding tert-OH is 3. The van der Waals surface area contributed by atoms with Crippen LogP contribution in [-0.2, 0) is 43.7 Å². The van der Waals surface area contributed by atoms with Crippen LogP contribution in [0, 0.1) is 0 Å². The van der Waals surface area contributed by atoms with E-state index in [9.17, 15) is 67.8 Å². The van der Waals surface area contributed by atoms with Crippen molar-refractivity contribution in [3.63, 3.8) is 0 Å². The number of aliphatic hydroxyl groups is 5. The Morgan fingerprint density at radius 3 is 2.10 bits per heavy atom. The largest absolute Gasteiger partial charge is 0.507 e. The molecule has 0 aromatic heterocycles. The van der Waals surface area contributed by atoms with Crippen molar-refractivity contribution in [3.05, 3.63) is 87.5 Å². The highest BCUT2D eigenvalue weighted by molar-refractivity contribution is 6.29. The molecule has 4 aliphatic rings. The number of phenolic OH excluding ortho intramolecular Hbond substituents is 1. The number of hydrogen-bond acceptors (Lipinski definition) is 16. The molecule has 0 unspecified atom stereocenters. The number of carbonyl (C=O) groups is 5. The molecule has 3 aliphatic carbocycles. The molecule has 0 bridgehead atoms. The normalized spacial score (nSPS) is 33.2. The Kier molecular flexibility index (Phi) is 10.8. The van der Waals surface area contributed by atoms with Gasteiger partial charge in [0.25, 0.3) is 5.60 Å². The molecule has 0 amide bonds. The summed E-state index contributed by atoms with van der Waals surface area (Å²) in [7, 11) is 0.652. The van der Waals surface area contributed by atoms with Gasteiger partial charge in [0.2, 0.25) is 0 Å². The number of esters is 3. The smallest absolute Gasteiger partial charge is 0.432 e. The van der Waals surface area contributed by atoms with E-state index in [1.54, 1.807) is 0 Å². The third-order valence-electron chi connectivity index (χ3n) is 11.1. The lowest BCUT2D eigenvalue weighted by atomic mass is 9.54. The molecule has 19 heteroatoms. The summed E-state index contributed by atoms with van der Waals surface area (Å²) >= 11 is 0. The number of fused-ring (bicyclic) bond motifs is 3. The lowest BCUT2D eigenvalue weighted by Crippen LogP contribution is -2.80. The number of halogens is 3. The molecular weight excluding hydrogens is 781 g/mol. The molecule has 58 heavy (non-hydrogen) atoms. The molecule has 6 N–H and O–H groups in total. The number of hydrogen-bond donors (Lipinski definition) is 6. The van der Waals surface area contributed by atoms with Crippen molar-refractivity contribution in [3.8, 4) is 5.75 Å². The molecule has 1 aliphatic heterocycles. The van der Waals surface area contributed by atoms with Crippen molar-refractivity contribution in [2.75, 3.05) is 7.11 Å². The van der Waals surface area contributed by atoms with Crippen LogP contribution in [0.3, 0.4) is 0 Å². The molecule has 1 heterocycles. The van der Waals surface area contributed by atoms with E-state index in [2.05, 4.69) is 0 Å². The second-order valence-electron chi connectivity index (χ2n) is 14.5. The maximum Gasteiger partial charge on any atom is 0.432 e. The molecule has 2 aromatic carbocycles. The van der Waals surface area contributed by atoms with Crippen LogP contribution in [0.1, 0.15) is 72.1 Å². The van der Waals surface area contributed by atoms with Gasteiger partial charge in [-0.3, -0.25) is 19.2 Å². The summed E-state index contributed by atoms with van der Waals surface area (Å²) in [6.45, 7) is 4.33. The number of rotatable bonds is 7. The maximum absolute atomic E-state index is 14.6. The fourth-order valence-electron chi connectivity index (χ4n) is 8.45. The van der Waals surface area contributed by atoms with E-state index >= 15 is 0 Å². The van der Waals surface area contributed by atoms with E-state index in [1.165, 1.54) is 32.0 Å². The van der Waals surface area contributed by atoms with E-state index in [0.29, 0.717) is 7.11 Å². The summed E-state index contributed by atoms with van der Waals surface area (Å²) in [6, 6.07) is 7.94. The highest BCUT2D eigenvalue weighted by Gasteiger charge is 2.75. The first-order chi connectivity index (χ1) is 27.0. The second-order valence-corrected chi connectivity index (χ2v) is 14.5. The lowest BCUT2D eigenvalue weighted by Gasteiger charge is -2.58. The number of methoxy groups -OCH3 is 1. The van der Waals surface area contributed by atoms with Gasteiger partial charge in [-0.1, -0.05) is 42.5 Å². The molecule has 6 rings (SSSR count). The lowest BCUT2D eigenvalue weighted by molar-refractivity contribution is -0.282. The first kappa shape index (κ1) is 42.6. The number of Topliss-reactive ketones (excluding diaryl/α,β-unsaturated/α-hetero) is 2. The number of carbonyl (C=O) groups excluding carboxylic acids is 5. The highest BCUT2D eigenvalue weighted by atomic mass is 19.4. The Labute approximate surface area is 327 Å². The van der Waals surface area contributed by atoms with Crippen LogP contribution >= 0.6 is 0 Å². The minimum Gasteiger partial charge on any atom is -0.507 e. The quantitative estimate of drug-likeness (QED) is 0.131. The zero-order valence-electron chi connectivity index (χ0n) is 31.3. The number of benzene rings is 2. The van der Waals surface area contributed by atoms with Gasteiger partial charge in [0.1, 0.15) is 30.2 Å². The fraction of sp³-hybridized carbons (Fsp3) is 0.462. The first-order valence-electron chi connectivity index (χ1n) is 17.8. The number of alkyl halides is 3. The number of ether oxygens (including phenoxy) is 5. The summed E-state index contributed by atoms with van der Waals surface area (Å²) in [4.78, 5) is 66.8. The van der Waals surface area contributed by atoms with Crippen molar-refractivity contribution in [1.82, 2.24) is 0 Å². The summed E-state index contributed by atoms with van der Waals surface area (Å²) in [5.41, 5.74) is -14.7. The van der Waals surface area contributed by atoms with Crippen LogP contribution < -0.4 is 0 Å². The maximum atomic E-state index is 14.6. The molecule has 0 spiro atoms. The van der Waals surface area contributed by atoms with Gasteiger partial charge < -0.3 is 54.3 Å². The molecule has 16 nitrogen and oxygen atoms in total. The fourth-order valence-corrected chi connectivity index (χ4v) is 8.45. The Hall–Kier alpha value is -5.02. The van der Waals surface area contributed by atoms with Crippen molar-refractivity contribution in [1.29, 1.82) is 0 Å². The van der Waals surface area contributed by atoms with E-state index in [4.69, 9.17) is 23.7 Å². The third-order valence-corrected chi connectivity index (χ3v) is 11.1. The van der Waals surface area contributed by atoms with E-state index in [-0.39, 0.29) is 11.1 Å². The van der Waals surface area contributed by atoms with Gasteiger partial charge in [0, 0.05) is 55.2 Å².